The summed E-state index contributed by atoms with van der Waals surface area (Å²) in [7, 11) is 0. The molecule has 2 aromatic carbocycles. The van der Waals surface area contributed by atoms with Crippen molar-refractivity contribution in [2.45, 2.75) is 13.0 Å². The highest BCUT2D eigenvalue weighted by Crippen LogP contribution is 2.33. The first-order valence-electron chi connectivity index (χ1n) is 8.25. The van der Waals surface area contributed by atoms with E-state index < -0.39 is 4.92 Å². The monoisotopic (exact) mass is 372 g/mol. The number of fused-ring (bicyclic) bond motifs is 1. The number of nitrogens with zero attached hydrogens (tertiary/aromatic N) is 1. The second kappa shape index (κ2) is 8.41. The fraction of sp³-hybridized carbons (Fsp3) is 0.211. The molecule has 0 aliphatic carbocycles. The number of hydrogen-bond donors (Lipinski definition) is 1. The Labute approximate surface area is 154 Å². The van der Waals surface area contributed by atoms with E-state index in [4.69, 9.17) is 9.47 Å². The number of carbonyl (C=O) groups excluding carboxylic acids is 1. The predicted molar refractivity (Wildman–Crippen MR) is 95.5 cm³/mol. The molecule has 3 rings (SSSR count). The van der Waals surface area contributed by atoms with E-state index in [0.29, 0.717) is 29.8 Å². The van der Waals surface area contributed by atoms with Crippen LogP contribution in [0.3, 0.4) is 0 Å². The molecule has 1 aliphatic heterocycles. The molecular weight excluding hydrogens is 355 g/mol. The zero-order valence-electron chi connectivity index (χ0n) is 14.3. The molecule has 0 fully saturated rings. The van der Waals surface area contributed by atoms with Crippen LogP contribution in [0.25, 0.3) is 6.08 Å². The lowest BCUT2D eigenvalue weighted by Gasteiger charge is -2.19. The Kier molecular flexibility index (Phi) is 5.77. The third kappa shape index (κ3) is 4.89. The topological polar surface area (TPSA) is 90.7 Å². The molecule has 1 amide bonds. The Balaban J connectivity index is 1.64. The van der Waals surface area contributed by atoms with Crippen LogP contribution >= 0.6 is 0 Å². The summed E-state index contributed by atoms with van der Waals surface area (Å²) in [5.74, 6) is -0.176. The standard InChI is InChI=1S/C19H17FN2O5/c20-16-4-1-13(2-5-16)7-8-21-18(23)6-3-14-9-17(22(24)25)10-15-11-26-12-27-19(14)15/h1-6,9-10H,7-8,11-12H2,(H,21,23)/b6-3+. The van der Waals surface area contributed by atoms with E-state index in [1.807, 2.05) is 0 Å². The molecule has 27 heavy (non-hydrogen) atoms. The molecule has 7 nitrogen and oxygen atoms in total. The number of hydrogen-bond acceptors (Lipinski definition) is 5. The normalized spacial score (nSPS) is 13.1. The van der Waals surface area contributed by atoms with Gasteiger partial charge in [-0.15, -0.1) is 0 Å². The molecule has 1 N–H and O–H groups in total. The van der Waals surface area contributed by atoms with Gasteiger partial charge in [0.1, 0.15) is 11.6 Å². The van der Waals surface area contributed by atoms with Crippen molar-refractivity contribution in [1.82, 2.24) is 5.32 Å². The average molecular weight is 372 g/mol. The van der Waals surface area contributed by atoms with E-state index in [0.717, 1.165) is 5.56 Å². The van der Waals surface area contributed by atoms with E-state index in [-0.39, 0.29) is 30.8 Å². The largest absolute Gasteiger partial charge is 0.467 e. The zero-order valence-corrected chi connectivity index (χ0v) is 14.3. The Morgan fingerprint density at radius 3 is 2.81 bits per heavy atom. The first-order chi connectivity index (χ1) is 13.0. The number of rotatable bonds is 6. The smallest absolute Gasteiger partial charge is 0.270 e. The van der Waals surface area contributed by atoms with Crippen LogP contribution in [0, 0.1) is 15.9 Å². The van der Waals surface area contributed by atoms with Gasteiger partial charge in [-0.3, -0.25) is 14.9 Å². The Morgan fingerprint density at radius 2 is 2.07 bits per heavy atom. The number of benzene rings is 2. The van der Waals surface area contributed by atoms with E-state index >= 15 is 0 Å². The fourth-order valence-corrected chi connectivity index (χ4v) is 2.67. The summed E-state index contributed by atoms with van der Waals surface area (Å²) >= 11 is 0. The third-order valence-corrected chi connectivity index (χ3v) is 3.97. The molecule has 0 spiro atoms. The van der Waals surface area contributed by atoms with Gasteiger partial charge in [-0.2, -0.15) is 0 Å². The molecule has 0 aromatic heterocycles. The molecule has 0 bridgehead atoms. The number of nitro benzene ring substituents is 1. The molecule has 0 radical (unpaired) electrons. The van der Waals surface area contributed by atoms with Crippen LogP contribution in [0.5, 0.6) is 5.75 Å². The van der Waals surface area contributed by atoms with E-state index in [1.54, 1.807) is 12.1 Å². The number of carbonyl (C=O) groups is 1. The summed E-state index contributed by atoms with van der Waals surface area (Å²) in [6.07, 6.45) is 3.33. The van der Waals surface area contributed by atoms with E-state index in [2.05, 4.69) is 5.32 Å². The summed E-state index contributed by atoms with van der Waals surface area (Å²) in [5, 5.41) is 13.8. The summed E-state index contributed by atoms with van der Waals surface area (Å²) in [6.45, 7) is 0.642. The van der Waals surface area contributed by atoms with Gasteiger partial charge in [0.2, 0.25) is 5.91 Å². The lowest BCUT2D eigenvalue weighted by Crippen LogP contribution is -2.23. The Morgan fingerprint density at radius 1 is 1.30 bits per heavy atom. The van der Waals surface area contributed by atoms with Crippen molar-refractivity contribution in [2.75, 3.05) is 13.3 Å². The Hall–Kier alpha value is -3.26. The van der Waals surface area contributed by atoms with E-state index in [1.165, 1.54) is 36.4 Å². The predicted octanol–water partition coefficient (Wildman–Crippen LogP) is 2.97. The number of ether oxygens (including phenoxy) is 2. The summed E-state index contributed by atoms with van der Waals surface area (Å²) in [5.41, 5.74) is 1.81. The Bertz CT molecular complexity index is 880. The van der Waals surface area contributed by atoms with Crippen LogP contribution < -0.4 is 10.1 Å². The van der Waals surface area contributed by atoms with Crippen molar-refractivity contribution in [3.05, 3.63) is 75.1 Å². The van der Waals surface area contributed by atoms with Crippen LogP contribution in [-0.4, -0.2) is 24.2 Å². The lowest BCUT2D eigenvalue weighted by molar-refractivity contribution is -0.385. The number of halogens is 1. The maximum Gasteiger partial charge on any atom is 0.270 e. The first kappa shape index (κ1) is 18.5. The van der Waals surface area contributed by atoms with Crippen LogP contribution in [0.2, 0.25) is 0 Å². The minimum atomic E-state index is -0.505. The minimum Gasteiger partial charge on any atom is -0.467 e. The first-order valence-corrected chi connectivity index (χ1v) is 8.25. The molecule has 0 saturated heterocycles. The van der Waals surface area contributed by atoms with Crippen molar-refractivity contribution < 1.29 is 23.6 Å². The summed E-state index contributed by atoms with van der Waals surface area (Å²) in [4.78, 5) is 22.6. The fourth-order valence-electron chi connectivity index (χ4n) is 2.67. The van der Waals surface area contributed by atoms with Gasteiger partial charge in [0.05, 0.1) is 11.5 Å². The summed E-state index contributed by atoms with van der Waals surface area (Å²) in [6, 6.07) is 8.80. The van der Waals surface area contributed by atoms with Gasteiger partial charge in [-0.1, -0.05) is 12.1 Å². The molecule has 1 aliphatic rings. The average Bonchev–Trinajstić information content (AvgIpc) is 2.67. The van der Waals surface area contributed by atoms with Crippen molar-refractivity contribution >= 4 is 17.7 Å². The molecule has 8 heteroatoms. The van der Waals surface area contributed by atoms with Crippen LogP contribution in [-0.2, 0) is 22.6 Å². The molecule has 0 atom stereocenters. The SMILES string of the molecule is O=C(/C=C/c1cc([N+](=O)[O-])cc2c1OCOC2)NCCc1ccc(F)cc1. The van der Waals surface area contributed by atoms with Gasteiger partial charge >= 0.3 is 0 Å². The van der Waals surface area contributed by atoms with E-state index in [9.17, 15) is 19.3 Å². The van der Waals surface area contributed by atoms with Gasteiger partial charge in [-0.25, -0.2) is 4.39 Å². The van der Waals surface area contributed by atoms with Crippen molar-refractivity contribution in [2.24, 2.45) is 0 Å². The number of nitro groups is 1. The lowest BCUT2D eigenvalue weighted by atomic mass is 10.1. The summed E-state index contributed by atoms with van der Waals surface area (Å²) < 4.78 is 23.4. The third-order valence-electron chi connectivity index (χ3n) is 3.97. The molecular formula is C19H17FN2O5. The maximum atomic E-state index is 12.9. The molecule has 1 heterocycles. The highest BCUT2D eigenvalue weighted by atomic mass is 19.1. The van der Waals surface area contributed by atoms with Gasteiger partial charge in [0, 0.05) is 35.9 Å². The zero-order chi connectivity index (χ0) is 19.2. The minimum absolute atomic E-state index is 0.0511. The van der Waals surface area contributed by atoms with Gasteiger partial charge in [0.15, 0.2) is 6.79 Å². The quantitative estimate of drug-likeness (QED) is 0.478. The van der Waals surface area contributed by atoms with Crippen LogP contribution in [0.15, 0.2) is 42.5 Å². The highest BCUT2D eigenvalue weighted by Gasteiger charge is 2.19. The number of nitrogens with one attached hydrogen (secondary N) is 1. The van der Waals surface area contributed by atoms with Crippen LogP contribution in [0.4, 0.5) is 10.1 Å². The van der Waals surface area contributed by atoms with Crippen molar-refractivity contribution in [3.8, 4) is 5.75 Å². The molecule has 2 aromatic rings. The van der Waals surface area contributed by atoms with Gasteiger partial charge < -0.3 is 14.8 Å². The van der Waals surface area contributed by atoms with Crippen LogP contribution in [0.1, 0.15) is 16.7 Å². The van der Waals surface area contributed by atoms with Crippen molar-refractivity contribution in [1.29, 1.82) is 0 Å². The van der Waals surface area contributed by atoms with Crippen molar-refractivity contribution in [3.63, 3.8) is 0 Å². The number of amides is 1. The van der Waals surface area contributed by atoms with Gasteiger partial charge in [-0.05, 0) is 30.2 Å². The second-order valence-corrected chi connectivity index (χ2v) is 5.89. The second-order valence-electron chi connectivity index (χ2n) is 5.89. The molecule has 0 saturated carbocycles. The molecule has 140 valence electrons. The number of non-ortho nitro benzene ring substituents is 1. The maximum absolute atomic E-state index is 12.9. The highest BCUT2D eigenvalue weighted by molar-refractivity contribution is 5.92. The molecule has 0 unspecified atom stereocenters. The van der Waals surface area contributed by atoms with Gasteiger partial charge in [0.25, 0.3) is 5.69 Å².